The van der Waals surface area contributed by atoms with Crippen LogP contribution in [0.1, 0.15) is 48.5 Å². The number of anilines is 1. The first-order valence-electron chi connectivity index (χ1n) is 7.58. The average molecular weight is 325 g/mol. The molecule has 0 aliphatic heterocycles. The van der Waals surface area contributed by atoms with Crippen LogP contribution in [0.25, 0.3) is 0 Å². The van der Waals surface area contributed by atoms with Crippen molar-refractivity contribution in [3.8, 4) is 0 Å². The fraction of sp³-hybridized carbons (Fsp3) is 0.688. The zero-order valence-corrected chi connectivity index (χ0v) is 14.9. The van der Waals surface area contributed by atoms with Crippen LogP contribution in [-0.4, -0.2) is 39.8 Å². The van der Waals surface area contributed by atoms with Gasteiger partial charge in [-0.15, -0.1) is 0 Å². The Hall–Kier alpha value is -1.89. The first-order chi connectivity index (χ1) is 10.4. The lowest BCUT2D eigenvalue weighted by Gasteiger charge is -2.35. The van der Waals surface area contributed by atoms with Gasteiger partial charge in [-0.25, -0.2) is 0 Å². The van der Waals surface area contributed by atoms with E-state index >= 15 is 0 Å². The van der Waals surface area contributed by atoms with E-state index in [-0.39, 0.29) is 5.91 Å². The lowest BCUT2D eigenvalue weighted by Crippen LogP contribution is -2.56. The number of hydrogen-bond donors (Lipinski definition) is 2. The van der Waals surface area contributed by atoms with Gasteiger partial charge in [-0.05, 0) is 33.1 Å². The largest absolute Gasteiger partial charge is 0.383 e. The molecule has 2 amide bonds. The predicted molar refractivity (Wildman–Crippen MR) is 86.8 cm³/mol. The fourth-order valence-corrected chi connectivity index (χ4v) is 2.05. The fourth-order valence-electron chi connectivity index (χ4n) is 2.05. The summed E-state index contributed by atoms with van der Waals surface area (Å²) in [6.07, 6.45) is 0.182. The Bertz CT molecular complexity index is 541. The van der Waals surface area contributed by atoms with Crippen molar-refractivity contribution in [1.29, 1.82) is 0 Å². The van der Waals surface area contributed by atoms with Crippen molar-refractivity contribution >= 4 is 17.6 Å². The number of amides is 2. The Labute approximate surface area is 137 Å². The van der Waals surface area contributed by atoms with Crippen molar-refractivity contribution in [2.45, 2.75) is 66.2 Å². The molecule has 1 aromatic rings. The van der Waals surface area contributed by atoms with Crippen molar-refractivity contribution < 1.29 is 19.2 Å². The van der Waals surface area contributed by atoms with Crippen molar-refractivity contribution in [2.24, 2.45) is 5.41 Å². The van der Waals surface area contributed by atoms with Gasteiger partial charge in [-0.1, -0.05) is 25.9 Å². The molecule has 1 heterocycles. The van der Waals surface area contributed by atoms with Crippen LogP contribution in [0.4, 0.5) is 5.82 Å². The second kappa shape index (κ2) is 6.70. The molecule has 1 rings (SSSR count). The van der Waals surface area contributed by atoms with E-state index in [1.165, 1.54) is 11.2 Å². The van der Waals surface area contributed by atoms with Crippen molar-refractivity contribution in [3.63, 3.8) is 0 Å². The third-order valence-corrected chi connectivity index (χ3v) is 3.34. The van der Waals surface area contributed by atoms with Gasteiger partial charge in [0.25, 0.3) is 5.91 Å². The number of aromatic nitrogens is 1. The van der Waals surface area contributed by atoms with Gasteiger partial charge in [0.15, 0.2) is 5.82 Å². The molecular weight excluding hydrogens is 298 g/mol. The number of nitrogens with one attached hydrogen (secondary N) is 1. The van der Waals surface area contributed by atoms with Crippen LogP contribution in [0.3, 0.4) is 0 Å². The molecule has 7 heteroatoms. The first-order valence-corrected chi connectivity index (χ1v) is 7.58. The van der Waals surface area contributed by atoms with Gasteiger partial charge in [0.1, 0.15) is 18.4 Å². The highest BCUT2D eigenvalue weighted by atomic mass is 16.5. The summed E-state index contributed by atoms with van der Waals surface area (Å²) in [5.74, 6) is -0.534. The molecule has 1 aromatic heterocycles. The third kappa shape index (κ3) is 4.79. The van der Waals surface area contributed by atoms with Crippen molar-refractivity contribution in [2.75, 3.05) is 4.90 Å². The summed E-state index contributed by atoms with van der Waals surface area (Å²) in [5.41, 5.74) is -1.15. The number of rotatable bonds is 4. The van der Waals surface area contributed by atoms with Gasteiger partial charge >= 0.3 is 0 Å². The summed E-state index contributed by atoms with van der Waals surface area (Å²) in [6, 6.07) is 0.775. The van der Waals surface area contributed by atoms with Crippen molar-refractivity contribution in [1.82, 2.24) is 10.5 Å². The van der Waals surface area contributed by atoms with E-state index in [0.29, 0.717) is 5.82 Å². The predicted octanol–water partition coefficient (Wildman–Crippen LogP) is 1.72. The van der Waals surface area contributed by atoms with Crippen LogP contribution < -0.4 is 10.2 Å². The average Bonchev–Trinajstić information content (AvgIpc) is 2.88. The molecule has 0 radical (unpaired) electrons. The Kier molecular flexibility index (Phi) is 5.58. The summed E-state index contributed by atoms with van der Waals surface area (Å²) in [7, 11) is 0. The minimum Gasteiger partial charge on any atom is -0.383 e. The summed E-state index contributed by atoms with van der Waals surface area (Å²) >= 11 is 0. The maximum absolute atomic E-state index is 12.7. The number of hydrogen-bond acceptors (Lipinski definition) is 5. The zero-order valence-electron chi connectivity index (χ0n) is 14.9. The Balaban J connectivity index is 2.91. The highest BCUT2D eigenvalue weighted by molar-refractivity contribution is 5.99. The molecule has 2 atom stereocenters. The quantitative estimate of drug-likeness (QED) is 0.879. The van der Waals surface area contributed by atoms with Crippen LogP contribution in [0.2, 0.25) is 0 Å². The molecule has 2 unspecified atom stereocenters. The Morgan fingerprint density at radius 2 is 1.83 bits per heavy atom. The second-order valence-electron chi connectivity index (χ2n) is 7.70. The van der Waals surface area contributed by atoms with Crippen LogP contribution in [-0.2, 0) is 9.59 Å². The summed E-state index contributed by atoms with van der Waals surface area (Å²) in [6.45, 7) is 12.4. The lowest BCUT2D eigenvalue weighted by molar-refractivity contribution is -0.137. The molecule has 0 saturated heterocycles. The maximum Gasteiger partial charge on any atom is 0.251 e. The normalized spacial score (nSPS) is 15.0. The van der Waals surface area contributed by atoms with Crippen LogP contribution in [0, 0.1) is 5.41 Å². The van der Waals surface area contributed by atoms with Gasteiger partial charge in [-0.3, -0.25) is 14.5 Å². The topological polar surface area (TPSA) is 95.7 Å². The molecule has 130 valence electrons. The van der Waals surface area contributed by atoms with E-state index in [2.05, 4.69) is 10.5 Å². The van der Waals surface area contributed by atoms with E-state index in [4.69, 9.17) is 4.52 Å². The molecule has 0 bridgehead atoms. The van der Waals surface area contributed by atoms with E-state index in [1.54, 1.807) is 33.8 Å². The first kappa shape index (κ1) is 19.2. The molecular formula is C16H27N3O4. The molecule has 0 aliphatic carbocycles. The monoisotopic (exact) mass is 325 g/mol. The van der Waals surface area contributed by atoms with E-state index in [0.717, 1.165) is 0 Å². The molecule has 7 nitrogen and oxygen atoms in total. The van der Waals surface area contributed by atoms with Gasteiger partial charge < -0.3 is 14.9 Å². The second-order valence-corrected chi connectivity index (χ2v) is 7.70. The highest BCUT2D eigenvalue weighted by Crippen LogP contribution is 2.23. The van der Waals surface area contributed by atoms with E-state index in [9.17, 15) is 14.7 Å². The summed E-state index contributed by atoms with van der Waals surface area (Å²) < 4.78 is 4.81. The van der Waals surface area contributed by atoms with Gasteiger partial charge in [0, 0.05) is 11.6 Å². The molecule has 0 spiro atoms. The van der Waals surface area contributed by atoms with Crippen LogP contribution in [0.15, 0.2) is 16.9 Å². The van der Waals surface area contributed by atoms with E-state index in [1.807, 2.05) is 20.8 Å². The Morgan fingerprint density at radius 3 is 2.22 bits per heavy atom. The number of nitrogens with zero attached hydrogens (tertiary/aromatic N) is 2. The number of aliphatic hydroxyl groups excluding tert-OH is 1. The van der Waals surface area contributed by atoms with E-state index < -0.39 is 29.0 Å². The molecule has 0 aromatic carbocycles. The molecule has 0 aliphatic rings. The third-order valence-electron chi connectivity index (χ3n) is 3.34. The summed E-state index contributed by atoms with van der Waals surface area (Å²) in [4.78, 5) is 26.3. The minimum atomic E-state index is -1.20. The smallest absolute Gasteiger partial charge is 0.251 e. The molecule has 2 N–H and O–H groups in total. The van der Waals surface area contributed by atoms with Crippen LogP contribution >= 0.6 is 0 Å². The zero-order chi connectivity index (χ0) is 18.0. The van der Waals surface area contributed by atoms with Gasteiger partial charge in [0.2, 0.25) is 5.91 Å². The minimum absolute atomic E-state index is 0.333. The Morgan fingerprint density at radius 1 is 1.26 bits per heavy atom. The molecule has 23 heavy (non-hydrogen) atoms. The standard InChI is InChI=1S/C16H27N3O4/c1-10(17-13(21)12(20)15(2,3)4)14(22)19(16(5,6)7)11-8-9-23-18-11/h8-10,12,20H,1-7H3,(H,17,21). The van der Waals surface area contributed by atoms with Crippen LogP contribution in [0.5, 0.6) is 0 Å². The number of carbonyl (C=O) groups is 2. The van der Waals surface area contributed by atoms with Gasteiger partial charge in [-0.2, -0.15) is 0 Å². The number of aliphatic hydroxyl groups is 1. The lowest BCUT2D eigenvalue weighted by atomic mass is 9.88. The van der Waals surface area contributed by atoms with Gasteiger partial charge in [0.05, 0.1) is 0 Å². The molecule has 0 fully saturated rings. The molecule has 0 saturated carbocycles. The number of carbonyl (C=O) groups excluding carboxylic acids is 2. The maximum atomic E-state index is 12.7. The highest BCUT2D eigenvalue weighted by Gasteiger charge is 2.35. The SMILES string of the molecule is CC(NC(=O)C(O)C(C)(C)C)C(=O)N(c1ccon1)C(C)(C)C. The summed E-state index contributed by atoms with van der Waals surface area (Å²) in [5, 5.41) is 16.4. The van der Waals surface area contributed by atoms with Crippen molar-refractivity contribution in [3.05, 3.63) is 12.3 Å².